The molecule has 5 nitrogen and oxygen atoms in total. The number of halogens is 3. The molecule has 0 aliphatic carbocycles. The summed E-state index contributed by atoms with van der Waals surface area (Å²) < 4.78 is 37.8. The number of nitrogens with two attached hydrogens (primary N) is 1. The van der Waals surface area contributed by atoms with Crippen molar-refractivity contribution >= 4 is 17.6 Å². The maximum Gasteiger partial charge on any atom is 0.416 e. The number of amides is 3. The molecule has 0 atom stereocenters. The van der Waals surface area contributed by atoms with Crippen LogP contribution in [0.5, 0.6) is 0 Å². The summed E-state index contributed by atoms with van der Waals surface area (Å²) in [7, 11) is 0. The Hall–Kier alpha value is -3.47. The first-order valence-electron chi connectivity index (χ1n) is 7.36. The highest BCUT2D eigenvalue weighted by Gasteiger charge is 2.30. The molecule has 0 radical (unpaired) electrons. The van der Waals surface area contributed by atoms with Crippen LogP contribution in [0.4, 0.5) is 23.7 Å². The number of carbonyl (C=O) groups is 2. The van der Waals surface area contributed by atoms with Crippen molar-refractivity contribution in [3.05, 3.63) is 65.2 Å². The van der Waals surface area contributed by atoms with E-state index in [-0.39, 0.29) is 12.1 Å². The van der Waals surface area contributed by atoms with Crippen LogP contribution >= 0.6 is 0 Å². The van der Waals surface area contributed by atoms with Crippen LogP contribution in [0.1, 0.15) is 21.5 Å². The molecule has 0 heterocycles. The minimum absolute atomic E-state index is 0.0314. The van der Waals surface area contributed by atoms with Crippen LogP contribution in [0.25, 0.3) is 0 Å². The smallest absolute Gasteiger partial charge is 0.351 e. The van der Waals surface area contributed by atoms with E-state index in [1.807, 2.05) is 0 Å². The van der Waals surface area contributed by atoms with Gasteiger partial charge in [0.25, 0.3) is 5.91 Å². The van der Waals surface area contributed by atoms with E-state index in [2.05, 4.69) is 22.5 Å². The molecule has 2 aromatic carbocycles. The van der Waals surface area contributed by atoms with Crippen molar-refractivity contribution < 1.29 is 22.8 Å². The van der Waals surface area contributed by atoms with Crippen LogP contribution in [0.3, 0.4) is 0 Å². The third kappa shape index (κ3) is 5.56. The predicted molar refractivity (Wildman–Crippen MR) is 90.3 cm³/mol. The van der Waals surface area contributed by atoms with Crippen LogP contribution in [-0.4, -0.2) is 18.5 Å². The average molecular weight is 361 g/mol. The fourth-order valence-electron chi connectivity index (χ4n) is 1.99. The number of anilines is 1. The van der Waals surface area contributed by atoms with Gasteiger partial charge in [0.2, 0.25) is 0 Å². The van der Waals surface area contributed by atoms with Gasteiger partial charge in [0.15, 0.2) is 0 Å². The average Bonchev–Trinajstić information content (AvgIpc) is 2.58. The van der Waals surface area contributed by atoms with Crippen LogP contribution in [0, 0.1) is 11.8 Å². The van der Waals surface area contributed by atoms with Gasteiger partial charge in [-0.15, -0.1) is 0 Å². The SMILES string of the molecule is NC(=O)Nc1ccc(C(=O)NCC#Cc2cccc(C(F)(F)F)c2)cc1. The summed E-state index contributed by atoms with van der Waals surface area (Å²) in [4.78, 5) is 22.6. The Bertz CT molecular complexity index is 866. The number of primary amides is 1. The first kappa shape index (κ1) is 18.9. The van der Waals surface area contributed by atoms with Crippen molar-refractivity contribution in [2.24, 2.45) is 5.73 Å². The van der Waals surface area contributed by atoms with Gasteiger partial charge < -0.3 is 16.4 Å². The van der Waals surface area contributed by atoms with Crippen LogP contribution in [-0.2, 0) is 6.18 Å². The molecule has 0 saturated heterocycles. The lowest BCUT2D eigenvalue weighted by atomic mass is 10.1. The lowest BCUT2D eigenvalue weighted by Gasteiger charge is -2.06. The van der Waals surface area contributed by atoms with Gasteiger partial charge in [-0.2, -0.15) is 13.2 Å². The molecule has 0 aromatic heterocycles. The highest BCUT2D eigenvalue weighted by Crippen LogP contribution is 2.29. The number of carbonyl (C=O) groups excluding carboxylic acids is 2. The zero-order valence-electron chi connectivity index (χ0n) is 13.4. The quantitative estimate of drug-likeness (QED) is 0.735. The normalized spacial score (nSPS) is 10.4. The first-order valence-corrected chi connectivity index (χ1v) is 7.36. The van der Waals surface area contributed by atoms with Gasteiger partial charge in [0.1, 0.15) is 0 Å². The van der Waals surface area contributed by atoms with E-state index >= 15 is 0 Å². The van der Waals surface area contributed by atoms with E-state index in [1.165, 1.54) is 36.4 Å². The summed E-state index contributed by atoms with van der Waals surface area (Å²) in [5.41, 5.74) is 5.18. The standard InChI is InChI=1S/C18H14F3N3O2/c19-18(20,21)14-5-1-3-12(11-14)4-2-10-23-16(25)13-6-8-15(9-7-13)24-17(22)26/h1,3,5-9,11H,10H2,(H,23,25)(H3,22,24,26). The van der Waals surface area contributed by atoms with E-state index in [9.17, 15) is 22.8 Å². The van der Waals surface area contributed by atoms with Crippen molar-refractivity contribution in [3.63, 3.8) is 0 Å². The van der Waals surface area contributed by atoms with Gasteiger partial charge in [-0.05, 0) is 42.5 Å². The number of hydrogen-bond acceptors (Lipinski definition) is 2. The summed E-state index contributed by atoms with van der Waals surface area (Å²) >= 11 is 0. The van der Waals surface area contributed by atoms with E-state index in [0.717, 1.165) is 12.1 Å². The number of alkyl halides is 3. The van der Waals surface area contributed by atoms with Crippen molar-refractivity contribution in [1.82, 2.24) is 5.32 Å². The monoisotopic (exact) mass is 361 g/mol. The largest absolute Gasteiger partial charge is 0.416 e. The van der Waals surface area contributed by atoms with Crippen LogP contribution in [0.2, 0.25) is 0 Å². The highest BCUT2D eigenvalue weighted by molar-refractivity contribution is 5.95. The molecule has 26 heavy (non-hydrogen) atoms. The van der Waals surface area contributed by atoms with Gasteiger partial charge in [0, 0.05) is 16.8 Å². The fourth-order valence-corrected chi connectivity index (χ4v) is 1.99. The van der Waals surface area contributed by atoms with Crippen LogP contribution in [0.15, 0.2) is 48.5 Å². The molecule has 8 heteroatoms. The first-order chi connectivity index (χ1) is 12.3. The number of rotatable bonds is 3. The Balaban J connectivity index is 1.93. The molecule has 2 rings (SSSR count). The molecule has 2 aromatic rings. The van der Waals surface area contributed by atoms with E-state index in [0.29, 0.717) is 11.3 Å². The van der Waals surface area contributed by atoms with Gasteiger partial charge in [-0.3, -0.25) is 4.79 Å². The molecule has 0 bridgehead atoms. The molecular formula is C18H14F3N3O2. The molecular weight excluding hydrogens is 347 g/mol. The summed E-state index contributed by atoms with van der Waals surface area (Å²) in [6.45, 7) is -0.0314. The minimum Gasteiger partial charge on any atom is -0.351 e. The molecule has 0 aliphatic rings. The summed E-state index contributed by atoms with van der Waals surface area (Å²) in [6.07, 6.45) is -4.43. The number of nitrogens with one attached hydrogen (secondary N) is 2. The molecule has 3 amide bonds. The molecule has 0 spiro atoms. The Labute approximate surface area is 147 Å². The third-order valence-corrected chi connectivity index (χ3v) is 3.17. The zero-order chi connectivity index (χ0) is 19.2. The van der Waals surface area contributed by atoms with Gasteiger partial charge in [0.05, 0.1) is 12.1 Å². The fraction of sp³-hybridized carbons (Fsp3) is 0.111. The molecule has 0 aliphatic heterocycles. The molecule has 4 N–H and O–H groups in total. The molecule has 134 valence electrons. The van der Waals surface area contributed by atoms with E-state index < -0.39 is 23.7 Å². The summed E-state index contributed by atoms with van der Waals surface area (Å²) in [5.74, 6) is 4.76. The topological polar surface area (TPSA) is 84.2 Å². The highest BCUT2D eigenvalue weighted by atomic mass is 19.4. The summed E-state index contributed by atoms with van der Waals surface area (Å²) in [5, 5.41) is 4.89. The Morgan fingerprint density at radius 3 is 2.38 bits per heavy atom. The van der Waals surface area contributed by atoms with Crippen LogP contribution < -0.4 is 16.4 Å². The zero-order valence-corrected chi connectivity index (χ0v) is 13.4. The number of urea groups is 1. The Morgan fingerprint density at radius 2 is 1.77 bits per heavy atom. The van der Waals surface area contributed by atoms with E-state index in [1.54, 1.807) is 0 Å². The Morgan fingerprint density at radius 1 is 1.08 bits per heavy atom. The maximum absolute atomic E-state index is 12.6. The molecule has 0 saturated carbocycles. The van der Waals surface area contributed by atoms with E-state index in [4.69, 9.17) is 5.73 Å². The predicted octanol–water partition coefficient (Wildman–Crippen LogP) is 2.98. The minimum atomic E-state index is -4.43. The van der Waals surface area contributed by atoms with Gasteiger partial charge in [-0.25, -0.2) is 4.79 Å². The number of benzene rings is 2. The lowest BCUT2D eigenvalue weighted by Crippen LogP contribution is -2.23. The van der Waals surface area contributed by atoms with Gasteiger partial charge in [-0.1, -0.05) is 17.9 Å². The van der Waals surface area contributed by atoms with Crippen molar-refractivity contribution in [2.45, 2.75) is 6.18 Å². The third-order valence-electron chi connectivity index (χ3n) is 3.17. The van der Waals surface area contributed by atoms with Crippen molar-refractivity contribution in [2.75, 3.05) is 11.9 Å². The second-order valence-electron chi connectivity index (χ2n) is 5.13. The summed E-state index contributed by atoms with van der Waals surface area (Å²) in [6, 6.07) is 9.90. The van der Waals surface area contributed by atoms with Crippen molar-refractivity contribution in [1.29, 1.82) is 0 Å². The van der Waals surface area contributed by atoms with Crippen molar-refractivity contribution in [3.8, 4) is 11.8 Å². The lowest BCUT2D eigenvalue weighted by molar-refractivity contribution is -0.137. The molecule has 0 unspecified atom stereocenters. The molecule has 0 fully saturated rings. The second-order valence-corrected chi connectivity index (χ2v) is 5.13. The second kappa shape index (κ2) is 8.07. The number of hydrogen-bond donors (Lipinski definition) is 3. The van der Waals surface area contributed by atoms with Gasteiger partial charge >= 0.3 is 12.2 Å². The Kier molecular flexibility index (Phi) is 5.86. The maximum atomic E-state index is 12.6.